The van der Waals surface area contributed by atoms with Crippen molar-refractivity contribution in [3.8, 4) is 0 Å². The molecule has 2 spiro atoms. The Bertz CT molecular complexity index is 1100. The van der Waals surface area contributed by atoms with Crippen LogP contribution in [0.4, 0.5) is 0 Å². The third kappa shape index (κ3) is 2.95. The molecular weight excluding hydrogens is 428 g/mol. The second-order valence-electron chi connectivity index (χ2n) is 13.3. The molecule has 3 aliphatic carbocycles. The van der Waals surface area contributed by atoms with Crippen LogP contribution in [0, 0.1) is 11.3 Å². The first-order valence-corrected chi connectivity index (χ1v) is 14.8. The Kier molecular flexibility index (Phi) is 4.67. The molecule has 0 unspecified atom stereocenters. The van der Waals surface area contributed by atoms with E-state index in [1.165, 1.54) is 90.3 Å². The van der Waals surface area contributed by atoms with Crippen molar-refractivity contribution in [3.05, 3.63) is 58.7 Å². The Labute approximate surface area is 211 Å². The molecule has 2 saturated carbocycles. The van der Waals surface area contributed by atoms with Crippen LogP contribution in [0.2, 0.25) is 0 Å². The predicted molar refractivity (Wildman–Crippen MR) is 140 cm³/mol. The highest BCUT2D eigenvalue weighted by Gasteiger charge is 2.67. The van der Waals surface area contributed by atoms with E-state index < -0.39 is 0 Å². The molecule has 1 aromatic carbocycles. The van der Waals surface area contributed by atoms with Crippen molar-refractivity contribution in [3.63, 3.8) is 0 Å². The number of hydrogen-bond donors (Lipinski definition) is 0. The molecule has 35 heavy (non-hydrogen) atoms. The van der Waals surface area contributed by atoms with E-state index in [-0.39, 0.29) is 11.2 Å². The van der Waals surface area contributed by atoms with E-state index in [0.717, 1.165) is 12.6 Å². The largest absolute Gasteiger partial charge is 0.359 e. The third-order valence-corrected chi connectivity index (χ3v) is 11.9. The average Bonchev–Trinajstić information content (AvgIpc) is 3.60. The molecule has 186 valence electrons. The molecule has 0 aromatic heterocycles. The van der Waals surface area contributed by atoms with Crippen LogP contribution in [0.1, 0.15) is 82.3 Å². The molecule has 3 heteroatoms. The highest BCUT2D eigenvalue weighted by molar-refractivity contribution is 5.47. The summed E-state index contributed by atoms with van der Waals surface area (Å²) in [6.45, 7) is 7.63. The van der Waals surface area contributed by atoms with Crippen LogP contribution in [0.5, 0.6) is 0 Å². The molecule has 4 aliphatic heterocycles. The fraction of sp³-hybridized carbons (Fsp3) is 0.688. The summed E-state index contributed by atoms with van der Waals surface area (Å²) in [7, 11) is 0. The molecule has 7 aliphatic rings. The zero-order chi connectivity index (χ0) is 23.3. The standard InChI is InChI=1S/C32H42N2O/c1-30-14-12-26-20-25-8-9-27(33-17-4-5-18-33)21-31(25)15-16-32(26,35-31)28(30)10-11-29(30)34-19-13-23-6-2-3-7-24(23)22-34/h2-3,6-7,12,20,27-29H,4-5,8-11,13-19,21-22H2,1H3/t27-,28+,29-,30-,31+,32+/m0/s1. The second kappa shape index (κ2) is 7.55. The van der Waals surface area contributed by atoms with E-state index in [2.05, 4.69) is 53.1 Å². The second-order valence-corrected chi connectivity index (χ2v) is 13.3. The summed E-state index contributed by atoms with van der Waals surface area (Å²) in [6, 6.07) is 10.6. The quantitative estimate of drug-likeness (QED) is 0.524. The third-order valence-electron chi connectivity index (χ3n) is 11.9. The van der Waals surface area contributed by atoms with Gasteiger partial charge in [0.15, 0.2) is 0 Å². The Balaban J connectivity index is 1.10. The Morgan fingerprint density at radius 1 is 0.914 bits per heavy atom. The highest BCUT2D eigenvalue weighted by Crippen LogP contribution is 2.67. The van der Waals surface area contributed by atoms with Crippen LogP contribution in [0.15, 0.2) is 47.6 Å². The van der Waals surface area contributed by atoms with Crippen LogP contribution in [-0.2, 0) is 17.7 Å². The van der Waals surface area contributed by atoms with Gasteiger partial charge in [-0.25, -0.2) is 0 Å². The number of allylic oxidation sites excluding steroid dienone is 1. The van der Waals surface area contributed by atoms with Crippen molar-refractivity contribution in [1.29, 1.82) is 0 Å². The zero-order valence-electron chi connectivity index (χ0n) is 21.6. The first-order valence-electron chi connectivity index (χ1n) is 14.8. The minimum atomic E-state index is -0.00809. The lowest BCUT2D eigenvalue weighted by molar-refractivity contribution is -0.144. The van der Waals surface area contributed by atoms with Crippen LogP contribution >= 0.6 is 0 Å². The summed E-state index contributed by atoms with van der Waals surface area (Å²) in [5, 5.41) is 0. The molecule has 8 rings (SSSR count). The van der Waals surface area contributed by atoms with Gasteiger partial charge < -0.3 is 9.64 Å². The lowest BCUT2D eigenvalue weighted by Crippen LogP contribution is -2.57. The van der Waals surface area contributed by atoms with Gasteiger partial charge in [-0.05, 0) is 117 Å². The minimum absolute atomic E-state index is 0.00809. The van der Waals surface area contributed by atoms with Crippen molar-refractivity contribution in [2.75, 3.05) is 19.6 Å². The summed E-state index contributed by atoms with van der Waals surface area (Å²) in [4.78, 5) is 5.66. The van der Waals surface area contributed by atoms with Gasteiger partial charge in [0.05, 0.1) is 11.2 Å². The number of likely N-dealkylation sites (tertiary alicyclic amines) is 1. The van der Waals surface area contributed by atoms with Gasteiger partial charge in [0, 0.05) is 25.2 Å². The summed E-state index contributed by atoms with van der Waals surface area (Å²) in [6.07, 6.45) is 19.6. The number of rotatable bonds is 2. The van der Waals surface area contributed by atoms with E-state index in [4.69, 9.17) is 4.74 Å². The lowest BCUT2D eigenvalue weighted by Gasteiger charge is -2.55. The number of nitrogens with zero attached hydrogens (tertiary/aromatic N) is 2. The van der Waals surface area contributed by atoms with E-state index >= 15 is 0 Å². The van der Waals surface area contributed by atoms with Crippen LogP contribution in [0.25, 0.3) is 0 Å². The van der Waals surface area contributed by atoms with Gasteiger partial charge in [0.25, 0.3) is 0 Å². The highest BCUT2D eigenvalue weighted by atomic mass is 16.5. The average molecular weight is 471 g/mol. The van der Waals surface area contributed by atoms with Crippen LogP contribution in [0.3, 0.4) is 0 Å². The van der Waals surface area contributed by atoms with Gasteiger partial charge in [-0.15, -0.1) is 0 Å². The van der Waals surface area contributed by atoms with E-state index in [9.17, 15) is 0 Å². The smallest absolute Gasteiger partial charge is 0.0975 e. The minimum Gasteiger partial charge on any atom is -0.359 e. The molecule has 1 aromatic rings. The summed E-state index contributed by atoms with van der Waals surface area (Å²) in [5.74, 6) is 0.668. The maximum atomic E-state index is 7.56. The maximum absolute atomic E-state index is 7.56. The van der Waals surface area contributed by atoms with Crippen LogP contribution in [-0.4, -0.2) is 52.7 Å². The van der Waals surface area contributed by atoms with Crippen molar-refractivity contribution < 1.29 is 4.74 Å². The fourth-order valence-electron chi connectivity index (χ4n) is 10.2. The predicted octanol–water partition coefficient (Wildman–Crippen LogP) is 6.04. The Morgan fingerprint density at radius 2 is 1.77 bits per heavy atom. The molecule has 3 nitrogen and oxygen atoms in total. The van der Waals surface area contributed by atoms with Gasteiger partial charge in [-0.3, -0.25) is 4.90 Å². The molecule has 0 N–H and O–H groups in total. The van der Waals surface area contributed by atoms with Gasteiger partial charge in [0.1, 0.15) is 0 Å². The van der Waals surface area contributed by atoms with Crippen molar-refractivity contribution >= 4 is 0 Å². The molecule has 6 atom stereocenters. The SMILES string of the molecule is C[C@]12CC=C3C=C4CC[C@H](N5CCCC5)C[C@]45CC[C@]3(O5)[C@@H]1CC[C@@H]2N1CCc2ccccc2C1. The van der Waals surface area contributed by atoms with Crippen molar-refractivity contribution in [2.45, 2.75) is 107 Å². The summed E-state index contributed by atoms with van der Waals surface area (Å²) < 4.78 is 7.56. The number of fused-ring (bicyclic) bond motifs is 2. The molecule has 2 bridgehead atoms. The number of hydrogen-bond acceptors (Lipinski definition) is 3. The molecule has 4 heterocycles. The first-order chi connectivity index (χ1) is 17.1. The maximum Gasteiger partial charge on any atom is 0.0975 e. The number of ether oxygens (including phenoxy) is 1. The number of benzene rings is 1. The van der Waals surface area contributed by atoms with E-state index in [1.807, 2.05) is 0 Å². The fourth-order valence-corrected chi connectivity index (χ4v) is 10.2. The van der Waals surface area contributed by atoms with Crippen molar-refractivity contribution in [1.82, 2.24) is 9.80 Å². The Hall–Kier alpha value is -1.42. The molecular formula is C32H42N2O. The van der Waals surface area contributed by atoms with Crippen LogP contribution < -0.4 is 0 Å². The summed E-state index contributed by atoms with van der Waals surface area (Å²) >= 11 is 0. The normalized spacial score (nSPS) is 44.8. The van der Waals surface area contributed by atoms with E-state index in [0.29, 0.717) is 17.4 Å². The molecule has 0 radical (unpaired) electrons. The van der Waals surface area contributed by atoms with E-state index in [1.54, 1.807) is 22.3 Å². The van der Waals surface area contributed by atoms with Gasteiger partial charge in [0.2, 0.25) is 0 Å². The lowest BCUT2D eigenvalue weighted by atomic mass is 9.59. The van der Waals surface area contributed by atoms with Gasteiger partial charge in [-0.1, -0.05) is 43.3 Å². The molecule has 0 amide bonds. The molecule has 2 saturated heterocycles. The summed E-state index contributed by atoms with van der Waals surface area (Å²) in [5.41, 5.74) is 6.73. The zero-order valence-corrected chi connectivity index (χ0v) is 21.6. The first kappa shape index (κ1) is 21.6. The van der Waals surface area contributed by atoms with Gasteiger partial charge in [-0.2, -0.15) is 0 Å². The monoisotopic (exact) mass is 470 g/mol. The topological polar surface area (TPSA) is 15.7 Å². The van der Waals surface area contributed by atoms with Crippen molar-refractivity contribution in [2.24, 2.45) is 11.3 Å². The van der Waals surface area contributed by atoms with Gasteiger partial charge >= 0.3 is 0 Å². The molecule has 4 fully saturated rings. The Morgan fingerprint density at radius 3 is 2.66 bits per heavy atom.